The van der Waals surface area contributed by atoms with Crippen LogP contribution in [-0.4, -0.2) is 25.9 Å². The lowest BCUT2D eigenvalue weighted by atomic mass is 10.7. The summed E-state index contributed by atoms with van der Waals surface area (Å²) in [5.41, 5.74) is -0.347. The summed E-state index contributed by atoms with van der Waals surface area (Å²) in [7, 11) is 0. The lowest BCUT2D eigenvalue weighted by Gasteiger charge is -1.89. The molecule has 2 aromatic heterocycles. The number of carbonyl (C=O) groups excluding carboxylic acids is 1. The van der Waals surface area contributed by atoms with E-state index in [1.165, 1.54) is 25.3 Å². The van der Waals surface area contributed by atoms with Crippen molar-refractivity contribution in [3.05, 3.63) is 45.2 Å². The molecule has 86 valence electrons. The van der Waals surface area contributed by atoms with Crippen LogP contribution in [0.2, 0.25) is 0 Å². The zero-order valence-electron chi connectivity index (χ0n) is 7.98. The van der Waals surface area contributed by atoms with Gasteiger partial charge in [-0.2, -0.15) is 0 Å². The van der Waals surface area contributed by atoms with E-state index in [9.17, 15) is 14.4 Å². The zero-order valence-corrected chi connectivity index (χ0v) is 7.98. The average Bonchev–Trinajstić information content (AvgIpc) is 2.77. The summed E-state index contributed by atoms with van der Waals surface area (Å²) in [5, 5.41) is 7.10. The summed E-state index contributed by atoms with van der Waals surface area (Å²) >= 11 is 0. The molecule has 0 aliphatic carbocycles. The molecule has 0 aromatic carbocycles. The molecular weight excluding hydrogens is 200 g/mol. The van der Waals surface area contributed by atoms with Crippen LogP contribution in [0.4, 0.5) is 0 Å². The Morgan fingerprint density at radius 1 is 1.33 bits per heavy atom. The van der Waals surface area contributed by atoms with Gasteiger partial charge >= 0.3 is 0 Å². The molecular formula is C8H16N4O3. The third kappa shape index (κ3) is 3.51. The molecule has 0 radical (unpaired) electrons. The Balaban J connectivity index is -0.000000225. The normalized spacial score (nSPS) is 9.13. The smallest absolute Gasteiger partial charge is 0.264 e. The first-order chi connectivity index (χ1) is 7.09. The molecule has 15 heavy (non-hydrogen) atoms. The van der Waals surface area contributed by atoms with Gasteiger partial charge in [0.05, 0.1) is 0 Å². The Morgan fingerprint density at radius 2 is 2.07 bits per heavy atom. The van der Waals surface area contributed by atoms with Gasteiger partial charge in [-0.15, -0.1) is 0 Å². The van der Waals surface area contributed by atoms with Crippen molar-refractivity contribution in [2.24, 2.45) is 0 Å². The lowest BCUT2D eigenvalue weighted by molar-refractivity contribution is 0.0920. The first-order valence-corrected chi connectivity index (χ1v) is 4.10. The molecule has 2 rings (SSSR count). The molecule has 0 unspecified atom stereocenters. The van der Waals surface area contributed by atoms with Crippen molar-refractivity contribution in [1.82, 2.24) is 20.0 Å². The van der Waals surface area contributed by atoms with Gasteiger partial charge in [-0.25, -0.2) is 4.68 Å². The number of nitrogens with zero attached hydrogens (tertiary/aromatic N) is 1. The van der Waals surface area contributed by atoms with Gasteiger partial charge < -0.3 is 5.10 Å². The van der Waals surface area contributed by atoms with Crippen LogP contribution >= 0.6 is 0 Å². The Morgan fingerprint density at radius 3 is 2.27 bits per heavy atom. The van der Waals surface area contributed by atoms with Crippen molar-refractivity contribution in [2.45, 2.75) is 6.92 Å². The fourth-order valence-corrected chi connectivity index (χ4v) is 0.791. The first kappa shape index (κ1) is 10.8. The summed E-state index contributed by atoms with van der Waals surface area (Å²) in [4.78, 5) is 30.8. The topological polar surface area (TPSA) is 104 Å². The second-order valence-corrected chi connectivity index (χ2v) is 2.65. The second-order valence-electron chi connectivity index (χ2n) is 2.65. The third-order valence-electron chi connectivity index (χ3n) is 1.46. The summed E-state index contributed by atoms with van der Waals surface area (Å²) in [6.07, 6.45) is 2.94. The number of aromatic nitrogens is 4. The number of H-pyrrole nitrogens is 3. The van der Waals surface area contributed by atoms with E-state index in [1.807, 2.05) is 0 Å². The van der Waals surface area contributed by atoms with Crippen molar-refractivity contribution in [1.29, 1.82) is 0 Å². The quantitative estimate of drug-likeness (QED) is 0.589. The predicted octanol–water partition coefficient (Wildman–Crippen LogP) is 0.277. The first-order valence-electron chi connectivity index (χ1n) is 4.10. The minimum atomic E-state index is -0.259. The van der Waals surface area contributed by atoms with E-state index in [4.69, 9.17) is 0 Å². The Bertz CT molecular complexity index is 525. The molecule has 0 saturated heterocycles. The lowest BCUT2D eigenvalue weighted by Crippen LogP contribution is -2.10. The Hall–Kier alpha value is -2.31. The van der Waals surface area contributed by atoms with Crippen molar-refractivity contribution in [3.8, 4) is 0 Å². The van der Waals surface area contributed by atoms with Gasteiger partial charge in [-0.1, -0.05) is 0 Å². The highest BCUT2D eigenvalue weighted by molar-refractivity contribution is 5.74. The van der Waals surface area contributed by atoms with Crippen LogP contribution in [-0.2, 0) is 0 Å². The van der Waals surface area contributed by atoms with E-state index in [2.05, 4.69) is 15.3 Å². The fourth-order valence-electron chi connectivity index (χ4n) is 0.791. The second kappa shape index (κ2) is 4.80. The van der Waals surface area contributed by atoms with Crippen molar-refractivity contribution in [3.63, 3.8) is 0 Å². The average molecular weight is 216 g/mol. The molecule has 0 atom stereocenters. The summed E-state index contributed by atoms with van der Waals surface area (Å²) < 4.78 is 1.13. The van der Waals surface area contributed by atoms with Crippen LogP contribution in [0, 0.1) is 0 Å². The summed E-state index contributed by atoms with van der Waals surface area (Å²) in [6, 6.07) is 2.71. The van der Waals surface area contributed by atoms with Crippen LogP contribution in [0.15, 0.2) is 34.1 Å². The minimum Gasteiger partial charge on any atom is -0.305 e. The van der Waals surface area contributed by atoms with Gasteiger partial charge in [0, 0.05) is 35.7 Å². The van der Waals surface area contributed by atoms with E-state index in [0.717, 1.165) is 4.68 Å². The maximum atomic E-state index is 10.5. The largest absolute Gasteiger partial charge is 0.305 e. The molecule has 0 saturated carbocycles. The van der Waals surface area contributed by atoms with Crippen molar-refractivity contribution in [2.75, 3.05) is 0 Å². The van der Waals surface area contributed by atoms with Gasteiger partial charge in [0.1, 0.15) is 0 Å². The predicted molar refractivity (Wildman–Crippen MR) is 59.1 cm³/mol. The number of rotatable bonds is 0. The maximum absolute atomic E-state index is 10.5. The standard InChI is InChI=1S/C5H6N2O2.C3H4N2O.3H2/c1-4(8)7-3-2-5(9)6-7;6-3-1-2-4-5-3;;;/h2-3H,1H3,(H,6,9);1-2H,(H2,4,5,6);3*1H. The number of nitrogens with one attached hydrogen (secondary N) is 3. The molecule has 0 amide bonds. The van der Waals surface area contributed by atoms with E-state index in [-0.39, 0.29) is 21.3 Å². The van der Waals surface area contributed by atoms with Gasteiger partial charge in [0.25, 0.3) is 11.1 Å². The Labute approximate surface area is 88.2 Å². The number of hydrogen-bond acceptors (Lipinski definition) is 3. The molecule has 0 fully saturated rings. The van der Waals surface area contributed by atoms with E-state index >= 15 is 0 Å². The summed E-state index contributed by atoms with van der Waals surface area (Å²) in [5.74, 6) is -0.197. The fraction of sp³-hybridized carbons (Fsp3) is 0.125. The zero-order chi connectivity index (χ0) is 11.3. The molecule has 0 aliphatic heterocycles. The van der Waals surface area contributed by atoms with Gasteiger partial charge in [0.2, 0.25) is 5.91 Å². The molecule has 7 nitrogen and oxygen atoms in total. The third-order valence-corrected chi connectivity index (χ3v) is 1.46. The van der Waals surface area contributed by atoms with Gasteiger partial charge in [-0.3, -0.25) is 24.6 Å². The molecule has 0 aliphatic rings. The minimum absolute atomic E-state index is 0. The number of hydrogen-bond donors (Lipinski definition) is 3. The molecule has 0 spiro atoms. The highest BCUT2D eigenvalue weighted by atomic mass is 16.2. The van der Waals surface area contributed by atoms with Crippen LogP contribution in [0.25, 0.3) is 0 Å². The van der Waals surface area contributed by atoms with Gasteiger partial charge in [-0.05, 0) is 0 Å². The highest BCUT2D eigenvalue weighted by Crippen LogP contribution is 1.76. The SMILES string of the molecule is CC(=O)n1ccc(=O)[nH]1.O=c1cc[nH][nH]1.[HH].[HH].[HH]. The van der Waals surface area contributed by atoms with Crippen LogP contribution in [0.1, 0.15) is 16.0 Å². The van der Waals surface area contributed by atoms with E-state index in [0.29, 0.717) is 0 Å². The molecule has 3 N–H and O–H groups in total. The Kier molecular flexibility index (Phi) is 3.44. The summed E-state index contributed by atoms with van der Waals surface area (Å²) in [6.45, 7) is 1.37. The van der Waals surface area contributed by atoms with Crippen molar-refractivity contribution < 1.29 is 9.07 Å². The van der Waals surface area contributed by atoms with E-state index < -0.39 is 0 Å². The maximum Gasteiger partial charge on any atom is 0.264 e. The molecule has 2 heterocycles. The highest BCUT2D eigenvalue weighted by Gasteiger charge is 1.93. The van der Waals surface area contributed by atoms with Crippen LogP contribution in [0.3, 0.4) is 0 Å². The molecule has 2 aromatic rings. The van der Waals surface area contributed by atoms with Crippen LogP contribution in [0.5, 0.6) is 0 Å². The van der Waals surface area contributed by atoms with E-state index in [1.54, 1.807) is 6.20 Å². The van der Waals surface area contributed by atoms with Gasteiger partial charge in [0.15, 0.2) is 0 Å². The van der Waals surface area contributed by atoms with Crippen molar-refractivity contribution >= 4 is 5.91 Å². The molecule has 0 bridgehead atoms. The molecule has 7 heteroatoms. The number of aromatic amines is 3. The number of carbonyl (C=O) groups is 1. The van der Waals surface area contributed by atoms with Crippen LogP contribution < -0.4 is 11.1 Å². The monoisotopic (exact) mass is 216 g/mol.